The van der Waals surface area contributed by atoms with Crippen molar-refractivity contribution in [2.45, 2.75) is 51.4 Å². The first-order chi connectivity index (χ1) is 44.9. The van der Waals surface area contributed by atoms with Gasteiger partial charge in [-0.1, -0.05) is 99.2 Å². The molecule has 0 aliphatic carbocycles. The molecule has 4 aliphatic rings. The molecule has 0 unspecified atom stereocenters. The van der Waals surface area contributed by atoms with Gasteiger partial charge < -0.3 is 48.0 Å². The summed E-state index contributed by atoms with van der Waals surface area (Å²) < 4.78 is 25.8. The van der Waals surface area contributed by atoms with Crippen molar-refractivity contribution < 1.29 is 77.1 Å². The van der Waals surface area contributed by atoms with E-state index in [1.54, 1.807) is 12.4 Å². The van der Waals surface area contributed by atoms with Crippen LogP contribution < -0.4 is 19.9 Å². The fourth-order valence-corrected chi connectivity index (χ4v) is 11.4. The molecule has 12 rings (SSSR count). The Hall–Kier alpha value is -10.3. The largest absolute Gasteiger partial charge is 2.00 e. The fourth-order valence-electron chi connectivity index (χ4n) is 11.4. The van der Waals surface area contributed by atoms with E-state index in [1.165, 1.54) is 24.3 Å². The van der Waals surface area contributed by atoms with E-state index in [-0.39, 0.29) is 117 Å². The number of aryl methyl sites for hydroxylation is 6. The number of hydrogen-bond acceptors (Lipinski definition) is 14. The van der Waals surface area contributed by atoms with Gasteiger partial charge in [-0.25, -0.2) is 29.9 Å². The second-order valence-electron chi connectivity index (χ2n) is 21.7. The Balaban J connectivity index is 0.00000482. The van der Waals surface area contributed by atoms with Crippen molar-refractivity contribution in [3.05, 3.63) is 192 Å². The first-order valence-electron chi connectivity index (χ1n) is 30.0. The second-order valence-corrected chi connectivity index (χ2v) is 21.7. The third kappa shape index (κ3) is 14.2. The van der Waals surface area contributed by atoms with Gasteiger partial charge in [-0.3, -0.25) is 19.2 Å². The summed E-state index contributed by atoms with van der Waals surface area (Å²) in [6.07, 6.45) is 29.1. The summed E-state index contributed by atoms with van der Waals surface area (Å²) in [5, 5.41) is 0. The maximum Gasteiger partial charge on any atom is 2.00 e. The van der Waals surface area contributed by atoms with Crippen LogP contribution in [-0.4, -0.2) is 89.3 Å². The maximum absolute atomic E-state index is 13.4. The minimum Gasteiger partial charge on any atom is -0.657 e. The van der Waals surface area contributed by atoms with E-state index in [9.17, 15) is 19.2 Å². The van der Waals surface area contributed by atoms with Gasteiger partial charge in [0.1, 0.15) is 38.1 Å². The van der Waals surface area contributed by atoms with Crippen LogP contribution in [0.3, 0.4) is 0 Å². The molecule has 0 saturated carbocycles. The molecule has 8 aromatic rings. The monoisotopic (exact) mass is 1350 g/mol. The van der Waals surface area contributed by atoms with E-state index in [0.717, 1.165) is 0 Å². The molecular formula is C72H62N12O8Zn2. The molecule has 0 aromatic carbocycles. The third-order valence-corrected chi connectivity index (χ3v) is 15.7. The predicted octanol–water partition coefficient (Wildman–Crippen LogP) is 11.3. The summed E-state index contributed by atoms with van der Waals surface area (Å²) in [5.74, 6) is -0.508. The number of fused-ring (bicyclic) bond motifs is 16. The van der Waals surface area contributed by atoms with E-state index < -0.39 is 23.9 Å². The van der Waals surface area contributed by atoms with Crippen molar-refractivity contribution in [1.29, 1.82) is 0 Å². The van der Waals surface area contributed by atoms with Gasteiger partial charge in [0.15, 0.2) is 0 Å². The Bertz CT molecular complexity index is 4480. The SMILES string of the molecule is C=CCOC(=O)CCc1c2nc(c(-c3nccn3C)c3ccc([n-]3)c(CCC(=O)OCC=C)c3nc(c(-c4c5nc(c(CCC(=O)OCC=C)c6ccc([n-]6)c(-c6nccn6C)c6nc(c(CCC(=O)OCC=C)c7ccc4[n-]7)C=C6)C=C5)c4ccc1[n-]4)C=C3)C=C2.[Zn+2].[Zn+2]. The smallest absolute Gasteiger partial charge is 0.657 e. The van der Waals surface area contributed by atoms with Crippen molar-refractivity contribution in [2.24, 2.45) is 14.1 Å². The zero-order chi connectivity index (χ0) is 63.8. The summed E-state index contributed by atoms with van der Waals surface area (Å²) in [6.45, 7) is 15.1. The molecule has 0 fully saturated rings. The predicted molar refractivity (Wildman–Crippen MR) is 355 cm³/mol. The normalized spacial score (nSPS) is 11.8. The molecule has 0 amide bonds. The zero-order valence-electron chi connectivity index (χ0n) is 52.2. The fraction of sp³-hybridized carbons (Fsp3) is 0.194. The van der Waals surface area contributed by atoms with Gasteiger partial charge in [-0.15, -0.1) is 44.1 Å². The molecule has 0 atom stereocenters. The number of carbonyl (C=O) groups is 4. The molecule has 0 spiro atoms. The van der Waals surface area contributed by atoms with Gasteiger partial charge in [-0.2, -0.15) is 0 Å². The van der Waals surface area contributed by atoms with Crippen molar-refractivity contribution in [3.63, 3.8) is 0 Å². The van der Waals surface area contributed by atoms with Crippen molar-refractivity contribution in [2.75, 3.05) is 26.4 Å². The molecule has 22 heteroatoms. The van der Waals surface area contributed by atoms with Crippen molar-refractivity contribution in [1.82, 2.24) is 59.0 Å². The van der Waals surface area contributed by atoms with Crippen LogP contribution in [0, 0.1) is 0 Å². The van der Waals surface area contributed by atoms with Crippen LogP contribution in [0.5, 0.6) is 0 Å². The van der Waals surface area contributed by atoms with Gasteiger partial charge in [0, 0.05) is 75.7 Å². The summed E-state index contributed by atoms with van der Waals surface area (Å²) >= 11 is 0. The molecule has 20 nitrogen and oxygen atoms in total. The average molecular weight is 1350 g/mol. The number of hydrogen-bond donors (Lipinski definition) is 0. The molecule has 16 bridgehead atoms. The molecule has 12 heterocycles. The molecule has 0 N–H and O–H groups in total. The summed E-state index contributed by atoms with van der Waals surface area (Å²) in [7, 11) is 3.79. The van der Waals surface area contributed by atoms with Crippen molar-refractivity contribution >= 4 is 117 Å². The first kappa shape index (κ1) is 66.6. The zero-order valence-corrected chi connectivity index (χ0v) is 58.2. The number of aromatic nitrogens is 12. The molecule has 8 aromatic heterocycles. The maximum atomic E-state index is 13.4. The van der Waals surface area contributed by atoms with E-state index in [4.69, 9.17) is 68.8 Å². The Morgan fingerprint density at radius 3 is 0.851 bits per heavy atom. The Kier molecular flexibility index (Phi) is 21.2. The van der Waals surface area contributed by atoms with Gasteiger partial charge in [0.05, 0.1) is 45.6 Å². The average Bonchev–Trinajstić information content (AvgIpc) is 1.63. The van der Waals surface area contributed by atoms with Crippen LogP contribution in [0.1, 0.15) is 93.5 Å². The van der Waals surface area contributed by atoms with Gasteiger partial charge in [0.25, 0.3) is 0 Å². The molecular weight excluding hydrogens is 1290 g/mol. The van der Waals surface area contributed by atoms with Crippen LogP contribution in [0.4, 0.5) is 0 Å². The third-order valence-electron chi connectivity index (χ3n) is 15.7. The van der Waals surface area contributed by atoms with E-state index in [2.05, 4.69) is 26.3 Å². The minimum absolute atomic E-state index is 0. The number of carbonyl (C=O) groups excluding carboxylic acids is 4. The molecule has 94 heavy (non-hydrogen) atoms. The standard InChI is InChI=1S/C72H62N12O8.2Zn/c1-7-39-89-63(85)31-11-43-47-15-23-55(75-47)67(56-24-16-48(76-56)44(12-32-64(86)90-40-8-2)52-20-28-60(80-52)69(59-27-19-51(43)79-59)71-73-35-37-83(71)5)68-57-25-17-49(77-57)45(13-33-65(87)91-41-9-3)53-21-29-61(81-53)70(72-74-36-38-84(72)6)62-30-22-54(82-62)46(50-18-26-58(68)78-50)14-34-66(88)92-42-10-4;;/h7-10,15-30,35-38H,1-4,11-14,31-34,39-42H2,5-6H3;;/q-4;2*+2. The number of imidazole rings is 2. The van der Waals surface area contributed by atoms with Crippen LogP contribution in [0.2, 0.25) is 0 Å². The Labute approximate surface area is 566 Å². The number of ether oxygens (including phenoxy) is 4. The molecule has 0 radical (unpaired) electrons. The summed E-state index contributed by atoms with van der Waals surface area (Å²) in [5.41, 5.74) is 13.4. The number of nitrogens with zero attached hydrogens (tertiary/aromatic N) is 12. The van der Waals surface area contributed by atoms with Crippen LogP contribution in [0.15, 0.2) is 124 Å². The quantitative estimate of drug-likeness (QED) is 0.0250. The van der Waals surface area contributed by atoms with E-state index in [0.29, 0.717) is 146 Å². The summed E-state index contributed by atoms with van der Waals surface area (Å²) in [6, 6.07) is 15.2. The van der Waals surface area contributed by atoms with Crippen LogP contribution >= 0.6 is 0 Å². The first-order valence-corrected chi connectivity index (χ1v) is 30.0. The summed E-state index contributed by atoms with van der Waals surface area (Å²) in [4.78, 5) is 106. The van der Waals surface area contributed by atoms with E-state index >= 15 is 0 Å². The second kappa shape index (κ2) is 30.0. The Morgan fingerprint density at radius 2 is 0.606 bits per heavy atom. The van der Waals surface area contributed by atoms with Crippen molar-refractivity contribution in [3.8, 4) is 33.9 Å². The molecule has 462 valence electrons. The van der Waals surface area contributed by atoms with Gasteiger partial charge in [0.2, 0.25) is 0 Å². The Morgan fingerprint density at radius 1 is 0.372 bits per heavy atom. The van der Waals surface area contributed by atoms with E-state index in [1.807, 2.05) is 133 Å². The minimum atomic E-state index is -0.431. The molecule has 0 saturated heterocycles. The number of rotatable bonds is 23. The van der Waals surface area contributed by atoms with Crippen LogP contribution in [-0.2, 0) is 117 Å². The van der Waals surface area contributed by atoms with Gasteiger partial charge >= 0.3 is 62.8 Å². The molecule has 4 aliphatic heterocycles. The van der Waals surface area contributed by atoms with Gasteiger partial charge in [-0.05, 0) is 108 Å². The topological polar surface area (TPSA) is 249 Å². The number of esters is 4. The van der Waals surface area contributed by atoms with Crippen LogP contribution in [0.25, 0.3) is 127 Å².